The SMILES string of the molecule is O[C@@H](CCc1ccccc1)C1CCN(c2ccncc2)CC1. The summed E-state index contributed by atoms with van der Waals surface area (Å²) >= 11 is 0. The van der Waals surface area contributed by atoms with Crippen LogP contribution in [0.15, 0.2) is 54.9 Å². The lowest BCUT2D eigenvalue weighted by Gasteiger charge is -2.35. The van der Waals surface area contributed by atoms with E-state index in [-0.39, 0.29) is 6.10 Å². The Kier molecular flexibility index (Phi) is 5.07. The summed E-state index contributed by atoms with van der Waals surface area (Å²) in [5.41, 5.74) is 2.56. The van der Waals surface area contributed by atoms with E-state index < -0.39 is 0 Å². The summed E-state index contributed by atoms with van der Waals surface area (Å²) in [7, 11) is 0. The van der Waals surface area contributed by atoms with Gasteiger partial charge in [-0.3, -0.25) is 4.98 Å². The first-order valence-electron chi connectivity index (χ1n) is 8.20. The number of piperidine rings is 1. The fraction of sp³-hybridized carbons (Fsp3) is 0.421. The predicted molar refractivity (Wildman–Crippen MR) is 89.9 cm³/mol. The molecule has 3 nitrogen and oxygen atoms in total. The third kappa shape index (κ3) is 3.86. The van der Waals surface area contributed by atoms with Gasteiger partial charge >= 0.3 is 0 Å². The second-order valence-electron chi connectivity index (χ2n) is 6.12. The van der Waals surface area contributed by atoms with E-state index >= 15 is 0 Å². The van der Waals surface area contributed by atoms with Crippen molar-refractivity contribution in [2.24, 2.45) is 5.92 Å². The number of anilines is 1. The van der Waals surface area contributed by atoms with Gasteiger partial charge in [0.1, 0.15) is 0 Å². The van der Waals surface area contributed by atoms with Crippen LogP contribution in [0.3, 0.4) is 0 Å². The van der Waals surface area contributed by atoms with Crippen LogP contribution in [0.25, 0.3) is 0 Å². The van der Waals surface area contributed by atoms with E-state index in [1.54, 1.807) is 0 Å². The Morgan fingerprint density at radius 2 is 1.73 bits per heavy atom. The van der Waals surface area contributed by atoms with Crippen LogP contribution in [-0.2, 0) is 6.42 Å². The highest BCUT2D eigenvalue weighted by atomic mass is 16.3. The zero-order valence-electron chi connectivity index (χ0n) is 12.9. The molecule has 116 valence electrons. The standard InChI is InChI=1S/C19H24N2O/c22-19(7-6-16-4-2-1-3-5-16)17-10-14-21(15-11-17)18-8-12-20-13-9-18/h1-5,8-9,12-13,17,19,22H,6-7,10-11,14-15H2/t19-/m0/s1. The maximum Gasteiger partial charge on any atom is 0.0572 e. The molecular weight excluding hydrogens is 272 g/mol. The molecule has 22 heavy (non-hydrogen) atoms. The highest BCUT2D eigenvalue weighted by Crippen LogP contribution is 2.26. The summed E-state index contributed by atoms with van der Waals surface area (Å²) in [6.07, 6.45) is 7.47. The summed E-state index contributed by atoms with van der Waals surface area (Å²) in [5.74, 6) is 0.432. The van der Waals surface area contributed by atoms with Crippen molar-refractivity contribution in [1.29, 1.82) is 0 Å². The zero-order chi connectivity index (χ0) is 15.2. The minimum absolute atomic E-state index is 0.181. The average molecular weight is 296 g/mol. The topological polar surface area (TPSA) is 36.4 Å². The van der Waals surface area contributed by atoms with Crippen molar-refractivity contribution in [2.45, 2.75) is 31.8 Å². The maximum atomic E-state index is 10.5. The van der Waals surface area contributed by atoms with E-state index in [0.717, 1.165) is 38.8 Å². The summed E-state index contributed by atoms with van der Waals surface area (Å²) in [6.45, 7) is 2.05. The number of aryl methyl sites for hydroxylation is 1. The molecule has 0 amide bonds. The second-order valence-corrected chi connectivity index (χ2v) is 6.12. The van der Waals surface area contributed by atoms with Crippen molar-refractivity contribution in [1.82, 2.24) is 4.98 Å². The number of aliphatic hydroxyl groups excluding tert-OH is 1. The Labute approximate surface area is 132 Å². The van der Waals surface area contributed by atoms with Gasteiger partial charge in [-0.2, -0.15) is 0 Å². The van der Waals surface area contributed by atoms with Crippen LogP contribution in [-0.4, -0.2) is 29.3 Å². The van der Waals surface area contributed by atoms with Crippen molar-refractivity contribution in [3.05, 3.63) is 60.4 Å². The number of hydrogen-bond donors (Lipinski definition) is 1. The molecule has 1 aromatic carbocycles. The molecule has 1 aliphatic heterocycles. The molecule has 0 bridgehead atoms. The van der Waals surface area contributed by atoms with E-state index in [4.69, 9.17) is 0 Å². The molecular formula is C19H24N2O. The van der Waals surface area contributed by atoms with E-state index in [2.05, 4.69) is 46.3 Å². The van der Waals surface area contributed by atoms with Gasteiger partial charge in [0, 0.05) is 31.2 Å². The monoisotopic (exact) mass is 296 g/mol. The normalized spacial score (nSPS) is 17.4. The largest absolute Gasteiger partial charge is 0.393 e. The second kappa shape index (κ2) is 7.41. The third-order valence-corrected chi connectivity index (χ3v) is 4.68. The molecule has 1 aliphatic rings. The zero-order valence-corrected chi connectivity index (χ0v) is 12.9. The van der Waals surface area contributed by atoms with Crippen molar-refractivity contribution >= 4 is 5.69 Å². The number of hydrogen-bond acceptors (Lipinski definition) is 3. The highest BCUT2D eigenvalue weighted by molar-refractivity contribution is 5.44. The Morgan fingerprint density at radius 3 is 2.41 bits per heavy atom. The molecule has 2 aromatic rings. The maximum absolute atomic E-state index is 10.5. The number of aliphatic hydroxyl groups is 1. The van der Waals surface area contributed by atoms with Gasteiger partial charge in [0.2, 0.25) is 0 Å². The number of aromatic nitrogens is 1. The third-order valence-electron chi connectivity index (χ3n) is 4.68. The van der Waals surface area contributed by atoms with E-state index in [1.165, 1.54) is 11.3 Å². The van der Waals surface area contributed by atoms with Crippen LogP contribution in [0, 0.1) is 5.92 Å². The number of nitrogens with zero attached hydrogens (tertiary/aromatic N) is 2. The van der Waals surface area contributed by atoms with Gasteiger partial charge in [0.15, 0.2) is 0 Å². The van der Waals surface area contributed by atoms with E-state index in [1.807, 2.05) is 18.5 Å². The van der Waals surface area contributed by atoms with Crippen LogP contribution in [0.1, 0.15) is 24.8 Å². The molecule has 1 aromatic heterocycles. The van der Waals surface area contributed by atoms with Crippen molar-refractivity contribution in [3.63, 3.8) is 0 Å². The van der Waals surface area contributed by atoms with Gasteiger partial charge in [-0.15, -0.1) is 0 Å². The van der Waals surface area contributed by atoms with Crippen LogP contribution < -0.4 is 4.90 Å². The van der Waals surface area contributed by atoms with Gasteiger partial charge in [-0.1, -0.05) is 30.3 Å². The lowest BCUT2D eigenvalue weighted by Crippen LogP contribution is -2.38. The lowest BCUT2D eigenvalue weighted by atomic mass is 9.88. The quantitative estimate of drug-likeness (QED) is 0.920. The van der Waals surface area contributed by atoms with Crippen LogP contribution in [0.5, 0.6) is 0 Å². The Hall–Kier alpha value is -1.87. The van der Waals surface area contributed by atoms with Crippen molar-refractivity contribution in [2.75, 3.05) is 18.0 Å². The molecule has 1 saturated heterocycles. The molecule has 1 atom stereocenters. The lowest BCUT2D eigenvalue weighted by molar-refractivity contribution is 0.0850. The van der Waals surface area contributed by atoms with Crippen LogP contribution >= 0.6 is 0 Å². The number of pyridine rings is 1. The molecule has 3 heteroatoms. The highest BCUT2D eigenvalue weighted by Gasteiger charge is 2.25. The first-order chi connectivity index (χ1) is 10.8. The molecule has 0 aliphatic carbocycles. The Bertz CT molecular complexity index is 550. The summed E-state index contributed by atoms with van der Waals surface area (Å²) in [5, 5.41) is 10.5. The van der Waals surface area contributed by atoms with Crippen molar-refractivity contribution in [3.8, 4) is 0 Å². The summed E-state index contributed by atoms with van der Waals surface area (Å²) in [4.78, 5) is 6.46. The molecule has 2 heterocycles. The van der Waals surface area contributed by atoms with E-state index in [0.29, 0.717) is 5.92 Å². The van der Waals surface area contributed by atoms with Crippen molar-refractivity contribution < 1.29 is 5.11 Å². The van der Waals surface area contributed by atoms with Crippen LogP contribution in [0.2, 0.25) is 0 Å². The molecule has 0 unspecified atom stereocenters. The van der Waals surface area contributed by atoms with Gasteiger partial charge in [-0.05, 0) is 49.3 Å². The number of rotatable bonds is 5. The predicted octanol–water partition coefficient (Wildman–Crippen LogP) is 3.29. The molecule has 0 saturated carbocycles. The Balaban J connectivity index is 1.46. The fourth-order valence-corrected chi connectivity index (χ4v) is 3.29. The number of benzene rings is 1. The summed E-state index contributed by atoms with van der Waals surface area (Å²) < 4.78 is 0. The van der Waals surface area contributed by atoms with Gasteiger partial charge in [0.25, 0.3) is 0 Å². The Morgan fingerprint density at radius 1 is 1.05 bits per heavy atom. The molecule has 1 N–H and O–H groups in total. The molecule has 1 fully saturated rings. The molecule has 0 radical (unpaired) electrons. The van der Waals surface area contributed by atoms with Crippen LogP contribution in [0.4, 0.5) is 5.69 Å². The minimum Gasteiger partial charge on any atom is -0.393 e. The van der Waals surface area contributed by atoms with Gasteiger partial charge < -0.3 is 10.0 Å². The van der Waals surface area contributed by atoms with Gasteiger partial charge in [-0.25, -0.2) is 0 Å². The fourth-order valence-electron chi connectivity index (χ4n) is 3.29. The first-order valence-corrected chi connectivity index (χ1v) is 8.20. The molecule has 0 spiro atoms. The van der Waals surface area contributed by atoms with E-state index in [9.17, 15) is 5.11 Å². The minimum atomic E-state index is -0.181. The average Bonchev–Trinajstić information content (AvgIpc) is 2.61. The first kappa shape index (κ1) is 15.0. The molecule has 3 rings (SSSR count). The van der Waals surface area contributed by atoms with Gasteiger partial charge in [0.05, 0.1) is 6.10 Å². The smallest absolute Gasteiger partial charge is 0.0572 e. The summed E-state index contributed by atoms with van der Waals surface area (Å²) in [6, 6.07) is 14.6.